The van der Waals surface area contributed by atoms with Crippen LogP contribution >= 0.6 is 15.9 Å². The topological polar surface area (TPSA) is 47.1 Å². The van der Waals surface area contributed by atoms with Crippen LogP contribution in [0.4, 0.5) is 5.69 Å². The lowest BCUT2D eigenvalue weighted by molar-refractivity contribution is 0.760. The molecule has 0 unspecified atom stereocenters. The van der Waals surface area contributed by atoms with Gasteiger partial charge in [-0.2, -0.15) is 0 Å². The minimum atomic E-state index is 0.0308. The maximum Gasteiger partial charge on any atom is 0.127 e. The van der Waals surface area contributed by atoms with Gasteiger partial charge < -0.3 is 15.2 Å². The van der Waals surface area contributed by atoms with Crippen molar-refractivity contribution in [1.29, 1.82) is 0 Å². The molecule has 5 heteroatoms. The molecule has 0 fully saturated rings. The van der Waals surface area contributed by atoms with Gasteiger partial charge in [0.15, 0.2) is 0 Å². The van der Waals surface area contributed by atoms with Gasteiger partial charge in [-0.15, -0.1) is 0 Å². The van der Waals surface area contributed by atoms with Gasteiger partial charge in [0, 0.05) is 42.7 Å². The van der Waals surface area contributed by atoms with E-state index in [2.05, 4.69) is 51.1 Å². The van der Waals surface area contributed by atoms with Crippen LogP contribution in [-0.4, -0.2) is 16.6 Å². The minimum Gasteiger partial charge on any atom is -0.367 e. The van der Waals surface area contributed by atoms with Gasteiger partial charge in [0.05, 0.1) is 6.54 Å². The predicted octanol–water partition coefficient (Wildman–Crippen LogP) is 2.84. The highest BCUT2D eigenvalue weighted by molar-refractivity contribution is 9.10. The normalized spacial score (nSPS) is 12.5. The van der Waals surface area contributed by atoms with Crippen LogP contribution in [0.2, 0.25) is 0 Å². The first kappa shape index (κ1) is 14.1. The number of halogens is 1. The molecule has 0 aliphatic heterocycles. The molecule has 4 nitrogen and oxygen atoms in total. The molecule has 102 valence electrons. The molecule has 1 aromatic heterocycles. The summed E-state index contributed by atoms with van der Waals surface area (Å²) in [7, 11) is 4.06. The summed E-state index contributed by atoms with van der Waals surface area (Å²) in [4.78, 5) is 6.50. The SMILES string of the molecule is C[C@@H](N)c1ccc(N(C)Cc2nccn2C)cc1Br. The lowest BCUT2D eigenvalue weighted by Crippen LogP contribution is -2.19. The Morgan fingerprint density at radius 2 is 2.21 bits per heavy atom. The number of nitrogens with two attached hydrogens (primary N) is 1. The van der Waals surface area contributed by atoms with Crippen LogP contribution in [0.15, 0.2) is 35.1 Å². The van der Waals surface area contributed by atoms with E-state index in [1.165, 1.54) is 0 Å². The van der Waals surface area contributed by atoms with E-state index in [1.54, 1.807) is 0 Å². The number of aryl methyl sites for hydroxylation is 1. The summed E-state index contributed by atoms with van der Waals surface area (Å²) in [6.45, 7) is 2.75. The monoisotopic (exact) mass is 322 g/mol. The van der Waals surface area contributed by atoms with Crippen LogP contribution in [0, 0.1) is 0 Å². The number of rotatable bonds is 4. The first-order chi connectivity index (χ1) is 8.99. The number of hydrogen-bond acceptors (Lipinski definition) is 3. The number of benzene rings is 1. The lowest BCUT2D eigenvalue weighted by atomic mass is 10.1. The second-order valence-corrected chi connectivity index (χ2v) is 5.66. The van der Waals surface area contributed by atoms with Crippen LogP contribution in [0.25, 0.3) is 0 Å². The summed E-state index contributed by atoms with van der Waals surface area (Å²) in [5.41, 5.74) is 8.17. The Kier molecular flexibility index (Phi) is 4.27. The fourth-order valence-corrected chi connectivity index (χ4v) is 2.70. The summed E-state index contributed by atoms with van der Waals surface area (Å²) in [6, 6.07) is 6.29. The molecule has 0 radical (unpaired) electrons. The van der Waals surface area contributed by atoms with E-state index in [9.17, 15) is 0 Å². The molecule has 0 saturated heterocycles. The molecule has 0 aliphatic rings. The van der Waals surface area contributed by atoms with Crippen molar-refractivity contribution in [2.75, 3.05) is 11.9 Å². The zero-order valence-corrected chi connectivity index (χ0v) is 13.1. The van der Waals surface area contributed by atoms with Crippen molar-refractivity contribution in [2.45, 2.75) is 19.5 Å². The van der Waals surface area contributed by atoms with Crippen LogP contribution in [-0.2, 0) is 13.6 Å². The van der Waals surface area contributed by atoms with Crippen molar-refractivity contribution in [3.05, 3.63) is 46.5 Å². The standard InChI is InChI=1S/C14H19BrN4/c1-10(16)12-5-4-11(8-13(12)15)19(3)9-14-17-6-7-18(14)2/h4-8,10H,9,16H2,1-3H3/t10-/m1/s1. The summed E-state index contributed by atoms with van der Waals surface area (Å²) >= 11 is 3.58. The first-order valence-corrected chi connectivity index (χ1v) is 7.00. The van der Waals surface area contributed by atoms with Crippen molar-refractivity contribution in [1.82, 2.24) is 9.55 Å². The Hall–Kier alpha value is -1.33. The second-order valence-electron chi connectivity index (χ2n) is 4.80. The van der Waals surface area contributed by atoms with Gasteiger partial charge >= 0.3 is 0 Å². The maximum atomic E-state index is 5.91. The van der Waals surface area contributed by atoms with Crippen LogP contribution in [0.5, 0.6) is 0 Å². The third kappa shape index (κ3) is 3.16. The molecular weight excluding hydrogens is 304 g/mol. The van der Waals surface area contributed by atoms with E-state index in [-0.39, 0.29) is 6.04 Å². The third-order valence-electron chi connectivity index (χ3n) is 3.21. The van der Waals surface area contributed by atoms with E-state index in [0.717, 1.165) is 28.1 Å². The molecule has 0 spiro atoms. The summed E-state index contributed by atoms with van der Waals surface area (Å²) in [6.07, 6.45) is 3.77. The lowest BCUT2D eigenvalue weighted by Gasteiger charge is -2.20. The number of hydrogen-bond donors (Lipinski definition) is 1. The van der Waals surface area contributed by atoms with Gasteiger partial charge in [-0.25, -0.2) is 4.98 Å². The van der Waals surface area contributed by atoms with Crippen molar-refractivity contribution in [2.24, 2.45) is 12.8 Å². The molecule has 0 amide bonds. The summed E-state index contributed by atoms with van der Waals surface area (Å²) in [5, 5.41) is 0. The van der Waals surface area contributed by atoms with E-state index < -0.39 is 0 Å². The van der Waals surface area contributed by atoms with Gasteiger partial charge in [-0.1, -0.05) is 22.0 Å². The molecule has 2 aromatic rings. The van der Waals surface area contributed by atoms with Gasteiger partial charge in [0.2, 0.25) is 0 Å². The molecular formula is C14H19BrN4. The van der Waals surface area contributed by atoms with E-state index in [1.807, 2.05) is 30.9 Å². The maximum absolute atomic E-state index is 5.91. The highest BCUT2D eigenvalue weighted by Crippen LogP contribution is 2.27. The molecule has 1 heterocycles. The number of nitrogens with zero attached hydrogens (tertiary/aromatic N) is 3. The van der Waals surface area contributed by atoms with Gasteiger partial charge in [-0.05, 0) is 24.6 Å². The fourth-order valence-electron chi connectivity index (χ4n) is 1.98. The van der Waals surface area contributed by atoms with Gasteiger partial charge in [0.25, 0.3) is 0 Å². The Labute approximate surface area is 122 Å². The number of anilines is 1. The Morgan fingerprint density at radius 1 is 1.47 bits per heavy atom. The molecule has 0 saturated carbocycles. The Morgan fingerprint density at radius 3 is 2.74 bits per heavy atom. The fraction of sp³-hybridized carbons (Fsp3) is 0.357. The van der Waals surface area contributed by atoms with Gasteiger partial charge in [-0.3, -0.25) is 0 Å². The smallest absolute Gasteiger partial charge is 0.127 e. The first-order valence-electron chi connectivity index (χ1n) is 6.21. The zero-order valence-electron chi connectivity index (χ0n) is 11.5. The van der Waals surface area contributed by atoms with Crippen molar-refractivity contribution in [3.63, 3.8) is 0 Å². The Balaban J connectivity index is 2.18. The van der Waals surface area contributed by atoms with E-state index in [0.29, 0.717) is 0 Å². The van der Waals surface area contributed by atoms with Crippen LogP contribution < -0.4 is 10.6 Å². The second kappa shape index (κ2) is 5.75. The van der Waals surface area contributed by atoms with E-state index in [4.69, 9.17) is 5.73 Å². The molecule has 19 heavy (non-hydrogen) atoms. The molecule has 0 bridgehead atoms. The summed E-state index contributed by atoms with van der Waals surface area (Å²) < 4.78 is 3.08. The van der Waals surface area contributed by atoms with Crippen LogP contribution in [0.1, 0.15) is 24.4 Å². The third-order valence-corrected chi connectivity index (χ3v) is 3.90. The molecule has 2 N–H and O–H groups in total. The largest absolute Gasteiger partial charge is 0.367 e. The minimum absolute atomic E-state index is 0.0308. The highest BCUT2D eigenvalue weighted by atomic mass is 79.9. The summed E-state index contributed by atoms with van der Waals surface area (Å²) in [5.74, 6) is 1.04. The van der Waals surface area contributed by atoms with Crippen LogP contribution in [0.3, 0.4) is 0 Å². The average Bonchev–Trinajstić information content (AvgIpc) is 2.74. The van der Waals surface area contributed by atoms with E-state index >= 15 is 0 Å². The Bertz CT molecular complexity index is 562. The molecule has 1 atom stereocenters. The number of imidazole rings is 1. The molecule has 0 aliphatic carbocycles. The number of aromatic nitrogens is 2. The predicted molar refractivity (Wildman–Crippen MR) is 82.1 cm³/mol. The van der Waals surface area contributed by atoms with Crippen molar-refractivity contribution < 1.29 is 0 Å². The van der Waals surface area contributed by atoms with Crippen molar-refractivity contribution in [3.8, 4) is 0 Å². The molecule has 1 aromatic carbocycles. The van der Waals surface area contributed by atoms with Crippen molar-refractivity contribution >= 4 is 21.6 Å². The quantitative estimate of drug-likeness (QED) is 0.941. The highest BCUT2D eigenvalue weighted by Gasteiger charge is 2.09. The van der Waals surface area contributed by atoms with Gasteiger partial charge in [0.1, 0.15) is 5.82 Å². The zero-order chi connectivity index (χ0) is 14.0. The molecule has 2 rings (SSSR count). The average molecular weight is 323 g/mol.